The molecule has 0 aliphatic heterocycles. The summed E-state index contributed by atoms with van der Waals surface area (Å²) in [5.74, 6) is 0.485. The predicted molar refractivity (Wildman–Crippen MR) is 85.4 cm³/mol. The van der Waals surface area contributed by atoms with Gasteiger partial charge in [-0.05, 0) is 37.6 Å². The second kappa shape index (κ2) is 6.68. The molecule has 3 nitrogen and oxygen atoms in total. The highest BCUT2D eigenvalue weighted by molar-refractivity contribution is 7.98. The number of benzene rings is 2. The van der Waals surface area contributed by atoms with Crippen molar-refractivity contribution in [2.24, 2.45) is 0 Å². The maximum Gasteiger partial charge on any atom is 0.336 e. The summed E-state index contributed by atoms with van der Waals surface area (Å²) in [6.07, 6.45) is 0. The first-order valence-electron chi connectivity index (χ1n) is 6.61. The second-order valence-corrected chi connectivity index (χ2v) is 5.97. The number of hydrogen-bond donors (Lipinski definition) is 1. The Morgan fingerprint density at radius 3 is 2.38 bits per heavy atom. The van der Waals surface area contributed by atoms with Crippen molar-refractivity contribution >= 4 is 17.7 Å². The molecular formula is C17H18O3S. The fraction of sp³-hybridized carbons (Fsp3) is 0.235. The van der Waals surface area contributed by atoms with E-state index in [0.717, 1.165) is 10.6 Å². The first-order chi connectivity index (χ1) is 9.99. The van der Waals surface area contributed by atoms with Crippen LogP contribution in [0.5, 0.6) is 5.75 Å². The third-order valence-corrected chi connectivity index (χ3v) is 4.22. The van der Waals surface area contributed by atoms with Gasteiger partial charge < -0.3 is 9.84 Å². The minimum absolute atomic E-state index is 0.310. The van der Waals surface area contributed by atoms with Gasteiger partial charge in [-0.2, -0.15) is 0 Å². The summed E-state index contributed by atoms with van der Waals surface area (Å²) < 4.78 is 5.17. The number of carbonyl (C=O) groups is 1. The number of carboxylic acid groups (broad SMARTS) is 1. The topological polar surface area (TPSA) is 46.5 Å². The van der Waals surface area contributed by atoms with Crippen molar-refractivity contribution in [1.29, 1.82) is 0 Å². The standard InChI is InChI=1S/C17H18O3S/c1-11-6-12(2)8-13(7-11)10-21-16-9-14(20-3)4-5-15(16)17(18)19/h4-9H,10H2,1-3H3,(H,18,19). The van der Waals surface area contributed by atoms with Crippen molar-refractivity contribution < 1.29 is 14.6 Å². The van der Waals surface area contributed by atoms with Gasteiger partial charge in [0.05, 0.1) is 12.7 Å². The summed E-state index contributed by atoms with van der Waals surface area (Å²) in [6, 6.07) is 11.4. The van der Waals surface area contributed by atoms with Gasteiger partial charge in [-0.25, -0.2) is 4.79 Å². The van der Waals surface area contributed by atoms with E-state index in [-0.39, 0.29) is 0 Å². The Labute approximate surface area is 129 Å². The van der Waals surface area contributed by atoms with Gasteiger partial charge in [0.25, 0.3) is 0 Å². The van der Waals surface area contributed by atoms with E-state index in [1.54, 1.807) is 25.3 Å². The van der Waals surface area contributed by atoms with Gasteiger partial charge in [-0.1, -0.05) is 29.3 Å². The van der Waals surface area contributed by atoms with E-state index in [0.29, 0.717) is 11.3 Å². The summed E-state index contributed by atoms with van der Waals surface area (Å²) in [5.41, 5.74) is 3.94. The highest BCUT2D eigenvalue weighted by atomic mass is 32.2. The minimum Gasteiger partial charge on any atom is -0.497 e. The summed E-state index contributed by atoms with van der Waals surface area (Å²) in [5, 5.41) is 9.26. The van der Waals surface area contributed by atoms with Crippen LogP contribution in [0.4, 0.5) is 0 Å². The van der Waals surface area contributed by atoms with Crippen molar-refractivity contribution in [1.82, 2.24) is 0 Å². The third-order valence-electron chi connectivity index (χ3n) is 3.10. The van der Waals surface area contributed by atoms with Crippen molar-refractivity contribution in [2.75, 3.05) is 7.11 Å². The number of methoxy groups -OCH3 is 1. The van der Waals surface area contributed by atoms with Crippen molar-refractivity contribution in [3.05, 3.63) is 58.7 Å². The molecule has 0 unspecified atom stereocenters. The zero-order chi connectivity index (χ0) is 15.4. The molecule has 110 valence electrons. The molecule has 0 aliphatic carbocycles. The molecule has 0 atom stereocenters. The van der Waals surface area contributed by atoms with Crippen LogP contribution < -0.4 is 4.74 Å². The molecule has 21 heavy (non-hydrogen) atoms. The van der Waals surface area contributed by atoms with E-state index in [1.807, 2.05) is 0 Å². The zero-order valence-electron chi connectivity index (χ0n) is 12.3. The Morgan fingerprint density at radius 1 is 1.14 bits per heavy atom. The van der Waals surface area contributed by atoms with Crippen LogP contribution in [0.15, 0.2) is 41.3 Å². The largest absolute Gasteiger partial charge is 0.497 e. The van der Waals surface area contributed by atoms with E-state index < -0.39 is 5.97 Å². The van der Waals surface area contributed by atoms with Crippen molar-refractivity contribution in [3.8, 4) is 5.75 Å². The summed E-state index contributed by atoms with van der Waals surface area (Å²) in [6.45, 7) is 4.13. The van der Waals surface area contributed by atoms with Crippen molar-refractivity contribution in [3.63, 3.8) is 0 Å². The fourth-order valence-corrected chi connectivity index (χ4v) is 3.24. The SMILES string of the molecule is COc1ccc(C(=O)O)c(SCc2cc(C)cc(C)c2)c1. The van der Waals surface area contributed by atoms with Crippen LogP contribution in [-0.4, -0.2) is 18.2 Å². The van der Waals surface area contributed by atoms with Gasteiger partial charge >= 0.3 is 5.97 Å². The number of thioether (sulfide) groups is 1. The molecule has 0 aliphatic rings. The first-order valence-corrected chi connectivity index (χ1v) is 7.59. The van der Waals surface area contributed by atoms with Gasteiger partial charge in [-0.3, -0.25) is 0 Å². The van der Waals surface area contributed by atoms with Crippen LogP contribution >= 0.6 is 11.8 Å². The number of hydrogen-bond acceptors (Lipinski definition) is 3. The predicted octanol–water partition coefficient (Wildman–Crippen LogP) is 4.30. The monoisotopic (exact) mass is 302 g/mol. The molecule has 1 N–H and O–H groups in total. The molecule has 0 bridgehead atoms. The molecule has 0 amide bonds. The van der Waals surface area contributed by atoms with E-state index in [4.69, 9.17) is 4.74 Å². The van der Waals surface area contributed by atoms with E-state index >= 15 is 0 Å². The minimum atomic E-state index is -0.916. The Hall–Kier alpha value is -1.94. The van der Waals surface area contributed by atoms with Gasteiger partial charge in [0.2, 0.25) is 0 Å². The van der Waals surface area contributed by atoms with Crippen LogP contribution in [0.25, 0.3) is 0 Å². The lowest BCUT2D eigenvalue weighted by molar-refractivity contribution is 0.0693. The van der Waals surface area contributed by atoms with Gasteiger partial charge in [0.1, 0.15) is 5.75 Å². The Balaban J connectivity index is 2.23. The molecule has 0 radical (unpaired) electrons. The molecule has 0 saturated heterocycles. The maximum atomic E-state index is 11.3. The molecular weight excluding hydrogens is 284 g/mol. The van der Waals surface area contributed by atoms with Crippen LogP contribution in [0.1, 0.15) is 27.0 Å². The third kappa shape index (κ3) is 4.02. The molecule has 0 aromatic heterocycles. The van der Waals surface area contributed by atoms with Crippen LogP contribution in [-0.2, 0) is 5.75 Å². The lowest BCUT2D eigenvalue weighted by Gasteiger charge is -2.09. The van der Waals surface area contributed by atoms with E-state index in [1.165, 1.54) is 28.5 Å². The number of ether oxygens (including phenoxy) is 1. The molecule has 0 saturated carbocycles. The van der Waals surface area contributed by atoms with Crippen LogP contribution in [0.2, 0.25) is 0 Å². The molecule has 4 heteroatoms. The smallest absolute Gasteiger partial charge is 0.336 e. The summed E-state index contributed by atoms with van der Waals surface area (Å²) >= 11 is 1.51. The number of aromatic carboxylic acids is 1. The molecule has 2 rings (SSSR count). The normalized spacial score (nSPS) is 10.4. The Kier molecular flexibility index (Phi) is 4.91. The maximum absolute atomic E-state index is 11.3. The first kappa shape index (κ1) is 15.4. The van der Waals surface area contributed by atoms with Gasteiger partial charge in [-0.15, -0.1) is 11.8 Å². The quantitative estimate of drug-likeness (QED) is 0.836. The number of rotatable bonds is 5. The van der Waals surface area contributed by atoms with Gasteiger partial charge in [0, 0.05) is 10.6 Å². The Morgan fingerprint density at radius 2 is 1.81 bits per heavy atom. The summed E-state index contributed by atoms with van der Waals surface area (Å²) in [4.78, 5) is 12.0. The highest BCUT2D eigenvalue weighted by Crippen LogP contribution is 2.30. The highest BCUT2D eigenvalue weighted by Gasteiger charge is 2.12. The zero-order valence-corrected chi connectivity index (χ0v) is 13.2. The Bertz CT molecular complexity index is 645. The molecule has 2 aromatic rings. The van der Waals surface area contributed by atoms with Gasteiger partial charge in [0.15, 0.2) is 0 Å². The molecule has 0 heterocycles. The van der Waals surface area contributed by atoms with E-state index in [9.17, 15) is 9.90 Å². The number of carboxylic acids is 1. The van der Waals surface area contributed by atoms with Crippen LogP contribution in [0.3, 0.4) is 0 Å². The average Bonchev–Trinajstić information content (AvgIpc) is 2.43. The fourth-order valence-electron chi connectivity index (χ4n) is 2.24. The number of aryl methyl sites for hydroxylation is 2. The van der Waals surface area contributed by atoms with Crippen LogP contribution in [0, 0.1) is 13.8 Å². The van der Waals surface area contributed by atoms with Crippen molar-refractivity contribution in [2.45, 2.75) is 24.5 Å². The molecule has 0 spiro atoms. The lowest BCUT2D eigenvalue weighted by Crippen LogP contribution is -1.99. The summed E-state index contributed by atoms with van der Waals surface area (Å²) in [7, 11) is 1.58. The average molecular weight is 302 g/mol. The van der Waals surface area contributed by atoms with E-state index in [2.05, 4.69) is 32.0 Å². The molecule has 0 fully saturated rings. The molecule has 2 aromatic carbocycles. The lowest BCUT2D eigenvalue weighted by atomic mass is 10.1. The second-order valence-electron chi connectivity index (χ2n) is 4.95.